The van der Waals surface area contributed by atoms with E-state index in [1.165, 1.54) is 16.7 Å². The van der Waals surface area contributed by atoms with Crippen molar-refractivity contribution in [3.63, 3.8) is 0 Å². The molecule has 0 saturated carbocycles. The Balaban J connectivity index is 0.000000357. The summed E-state index contributed by atoms with van der Waals surface area (Å²) in [5, 5.41) is 0. The smallest absolute Gasteiger partial charge is 0.221 e. The standard InChI is InChI=1S/C13H13N.CH4N2O/c14-10-11-5-4-8-13(9-11)12-6-2-1-3-7-12;2-3-1-4/h1-9H,10,14H2;1H,2H2,(H,3,4). The molecule has 0 aliphatic heterocycles. The summed E-state index contributed by atoms with van der Waals surface area (Å²) in [7, 11) is 0. The number of hydrogen-bond donors (Lipinski definition) is 3. The average Bonchev–Trinajstić information content (AvgIpc) is 2.48. The molecule has 0 fully saturated rings. The third-order valence-electron chi connectivity index (χ3n) is 2.34. The van der Waals surface area contributed by atoms with Crippen molar-refractivity contribution >= 4 is 6.41 Å². The van der Waals surface area contributed by atoms with E-state index in [0.29, 0.717) is 13.0 Å². The second kappa shape index (κ2) is 8.00. The Labute approximate surface area is 107 Å². The van der Waals surface area contributed by atoms with Crippen molar-refractivity contribution < 1.29 is 4.79 Å². The summed E-state index contributed by atoms with van der Waals surface area (Å²) in [4.78, 5) is 8.94. The molecule has 5 N–H and O–H groups in total. The fraction of sp³-hybridized carbons (Fsp3) is 0.0714. The quantitative estimate of drug-likeness (QED) is 0.330. The van der Waals surface area contributed by atoms with Crippen molar-refractivity contribution in [2.45, 2.75) is 6.54 Å². The summed E-state index contributed by atoms with van der Waals surface area (Å²) < 4.78 is 0. The lowest BCUT2D eigenvalue weighted by Gasteiger charge is -2.03. The predicted molar refractivity (Wildman–Crippen MR) is 73.2 cm³/mol. The summed E-state index contributed by atoms with van der Waals surface area (Å²) in [6.07, 6.45) is 0.403. The van der Waals surface area contributed by atoms with Gasteiger partial charge in [-0.15, -0.1) is 0 Å². The topological polar surface area (TPSA) is 81.1 Å². The molecular weight excluding hydrogens is 226 g/mol. The Hall–Kier alpha value is -2.17. The molecule has 2 rings (SSSR count). The van der Waals surface area contributed by atoms with Gasteiger partial charge in [-0.3, -0.25) is 10.2 Å². The van der Waals surface area contributed by atoms with Gasteiger partial charge in [-0.25, -0.2) is 5.84 Å². The second-order valence-corrected chi connectivity index (χ2v) is 3.56. The van der Waals surface area contributed by atoms with Gasteiger partial charge < -0.3 is 5.73 Å². The first-order valence-electron chi connectivity index (χ1n) is 5.56. The van der Waals surface area contributed by atoms with Gasteiger partial charge in [0.2, 0.25) is 6.41 Å². The largest absolute Gasteiger partial charge is 0.326 e. The Morgan fingerprint density at radius 3 is 2.17 bits per heavy atom. The normalized spacial score (nSPS) is 9.00. The van der Waals surface area contributed by atoms with Crippen LogP contribution in [0.2, 0.25) is 0 Å². The van der Waals surface area contributed by atoms with Crippen LogP contribution in [0, 0.1) is 0 Å². The minimum atomic E-state index is 0.403. The highest BCUT2D eigenvalue weighted by Crippen LogP contribution is 2.19. The molecule has 2 aromatic carbocycles. The number of benzene rings is 2. The van der Waals surface area contributed by atoms with Crippen LogP contribution < -0.4 is 17.0 Å². The predicted octanol–water partition coefficient (Wildman–Crippen LogP) is 1.42. The highest BCUT2D eigenvalue weighted by Gasteiger charge is 1.96. The molecule has 0 aromatic heterocycles. The van der Waals surface area contributed by atoms with Gasteiger partial charge >= 0.3 is 0 Å². The highest BCUT2D eigenvalue weighted by atomic mass is 16.1. The zero-order valence-electron chi connectivity index (χ0n) is 10.0. The minimum absolute atomic E-state index is 0.403. The second-order valence-electron chi connectivity index (χ2n) is 3.56. The van der Waals surface area contributed by atoms with Crippen molar-refractivity contribution in [3.05, 3.63) is 60.2 Å². The molecule has 4 nitrogen and oxygen atoms in total. The summed E-state index contributed by atoms with van der Waals surface area (Å²) in [5.74, 6) is 4.41. The third-order valence-corrected chi connectivity index (χ3v) is 2.34. The van der Waals surface area contributed by atoms with Gasteiger partial charge in [0.1, 0.15) is 0 Å². The van der Waals surface area contributed by atoms with E-state index in [-0.39, 0.29) is 0 Å². The molecule has 1 amide bonds. The van der Waals surface area contributed by atoms with Crippen molar-refractivity contribution in [1.29, 1.82) is 0 Å². The molecule has 2 aromatic rings. The number of nitrogens with one attached hydrogen (secondary N) is 1. The van der Waals surface area contributed by atoms with Gasteiger partial charge in [-0.05, 0) is 22.8 Å². The summed E-state index contributed by atoms with van der Waals surface area (Å²) in [6.45, 7) is 0.598. The Bertz CT molecular complexity index is 471. The van der Waals surface area contributed by atoms with Gasteiger partial charge in [0.05, 0.1) is 0 Å². The first kappa shape index (κ1) is 13.9. The van der Waals surface area contributed by atoms with Gasteiger partial charge in [-0.2, -0.15) is 0 Å². The molecule has 0 heterocycles. The van der Waals surface area contributed by atoms with Crippen LogP contribution in [0.5, 0.6) is 0 Å². The molecule has 94 valence electrons. The lowest BCUT2D eigenvalue weighted by atomic mass is 10.0. The van der Waals surface area contributed by atoms with E-state index in [1.807, 2.05) is 30.3 Å². The summed E-state index contributed by atoms with van der Waals surface area (Å²) >= 11 is 0. The van der Waals surface area contributed by atoms with E-state index in [4.69, 9.17) is 10.5 Å². The van der Waals surface area contributed by atoms with Crippen LogP contribution >= 0.6 is 0 Å². The zero-order chi connectivity index (χ0) is 13.2. The molecule has 0 aliphatic rings. The van der Waals surface area contributed by atoms with E-state index in [2.05, 4.69) is 30.1 Å². The highest BCUT2D eigenvalue weighted by molar-refractivity contribution is 5.63. The molecule has 4 heteroatoms. The van der Waals surface area contributed by atoms with Gasteiger partial charge in [0.25, 0.3) is 0 Å². The third kappa shape index (κ3) is 4.37. The molecule has 0 unspecified atom stereocenters. The first-order chi connectivity index (χ1) is 8.81. The van der Waals surface area contributed by atoms with Crippen LogP contribution in [-0.2, 0) is 11.3 Å². The number of rotatable bonds is 3. The SMILES string of the molecule is NCc1cccc(-c2ccccc2)c1.NNC=O. The lowest BCUT2D eigenvalue weighted by molar-refractivity contribution is -0.109. The van der Waals surface area contributed by atoms with Crippen LogP contribution in [0.1, 0.15) is 5.56 Å². The molecule has 18 heavy (non-hydrogen) atoms. The van der Waals surface area contributed by atoms with E-state index in [0.717, 1.165) is 0 Å². The maximum atomic E-state index is 8.94. The average molecular weight is 243 g/mol. The maximum Gasteiger partial charge on any atom is 0.221 e. The Morgan fingerprint density at radius 1 is 1.00 bits per heavy atom. The van der Waals surface area contributed by atoms with E-state index < -0.39 is 0 Å². The van der Waals surface area contributed by atoms with Crippen LogP contribution in [0.15, 0.2) is 54.6 Å². The van der Waals surface area contributed by atoms with Gasteiger partial charge in [0.15, 0.2) is 0 Å². The fourth-order valence-corrected chi connectivity index (χ4v) is 1.51. The van der Waals surface area contributed by atoms with Crippen LogP contribution in [0.3, 0.4) is 0 Å². The van der Waals surface area contributed by atoms with Crippen LogP contribution in [0.25, 0.3) is 11.1 Å². The van der Waals surface area contributed by atoms with E-state index >= 15 is 0 Å². The maximum absolute atomic E-state index is 8.94. The van der Waals surface area contributed by atoms with Crippen molar-refractivity contribution in [2.75, 3.05) is 0 Å². The first-order valence-corrected chi connectivity index (χ1v) is 5.56. The number of nitrogens with two attached hydrogens (primary N) is 2. The molecule has 0 aliphatic carbocycles. The number of hydrogen-bond acceptors (Lipinski definition) is 3. The lowest BCUT2D eigenvalue weighted by Crippen LogP contribution is -2.18. The fourth-order valence-electron chi connectivity index (χ4n) is 1.51. The molecule has 0 spiro atoms. The number of carbonyl (C=O) groups is 1. The van der Waals surface area contributed by atoms with E-state index in [1.54, 1.807) is 5.43 Å². The Morgan fingerprint density at radius 2 is 1.61 bits per heavy atom. The summed E-state index contributed by atoms with van der Waals surface area (Å²) in [6, 6.07) is 18.7. The molecule has 0 radical (unpaired) electrons. The van der Waals surface area contributed by atoms with Crippen molar-refractivity contribution in [2.24, 2.45) is 11.6 Å². The molecule has 0 saturated heterocycles. The molecular formula is C14H17N3O. The monoisotopic (exact) mass is 243 g/mol. The van der Waals surface area contributed by atoms with Gasteiger partial charge in [-0.1, -0.05) is 48.5 Å². The molecule has 0 atom stereocenters. The van der Waals surface area contributed by atoms with Crippen LogP contribution in [-0.4, -0.2) is 6.41 Å². The van der Waals surface area contributed by atoms with Crippen molar-refractivity contribution in [1.82, 2.24) is 5.43 Å². The number of carbonyl (C=O) groups excluding carboxylic acids is 1. The van der Waals surface area contributed by atoms with Crippen LogP contribution in [0.4, 0.5) is 0 Å². The minimum Gasteiger partial charge on any atom is -0.326 e. The zero-order valence-corrected chi connectivity index (χ0v) is 10.0. The number of hydrazine groups is 1. The van der Waals surface area contributed by atoms with E-state index in [9.17, 15) is 0 Å². The van der Waals surface area contributed by atoms with Crippen molar-refractivity contribution in [3.8, 4) is 11.1 Å². The number of amides is 1. The molecule has 0 bridgehead atoms. The Kier molecular flexibility index (Phi) is 6.17. The summed E-state index contributed by atoms with van der Waals surface area (Å²) in [5.41, 5.74) is 11.0. The van der Waals surface area contributed by atoms with Gasteiger partial charge in [0, 0.05) is 6.54 Å².